The van der Waals surface area contributed by atoms with Gasteiger partial charge in [0.2, 0.25) is 0 Å². The molecule has 0 aliphatic heterocycles. The minimum atomic E-state index is -0.655. The van der Waals surface area contributed by atoms with E-state index in [1.165, 1.54) is 6.92 Å². The standard InChI is InChI=1S/C6H7N3O2S/c1-2(10)4-3(7)5(6(8)11)12-9-4/h7H2,1H3,(H2,8,11). The van der Waals surface area contributed by atoms with Gasteiger partial charge >= 0.3 is 0 Å². The van der Waals surface area contributed by atoms with Crippen LogP contribution in [0.2, 0.25) is 0 Å². The van der Waals surface area contributed by atoms with Gasteiger partial charge in [-0.1, -0.05) is 0 Å². The third-order valence-electron chi connectivity index (χ3n) is 1.29. The van der Waals surface area contributed by atoms with Crippen molar-refractivity contribution in [2.45, 2.75) is 6.92 Å². The smallest absolute Gasteiger partial charge is 0.262 e. The first-order valence-corrected chi connectivity index (χ1v) is 3.87. The van der Waals surface area contributed by atoms with E-state index in [4.69, 9.17) is 11.5 Å². The Hall–Kier alpha value is -1.43. The summed E-state index contributed by atoms with van der Waals surface area (Å²) < 4.78 is 3.70. The molecule has 0 unspecified atom stereocenters. The van der Waals surface area contributed by atoms with E-state index in [-0.39, 0.29) is 22.0 Å². The zero-order valence-corrected chi connectivity index (χ0v) is 7.14. The lowest BCUT2D eigenvalue weighted by Gasteiger charge is -1.91. The van der Waals surface area contributed by atoms with Gasteiger partial charge in [0.15, 0.2) is 5.78 Å². The molecule has 1 rings (SSSR count). The number of rotatable bonds is 2. The highest BCUT2D eigenvalue weighted by atomic mass is 32.1. The monoisotopic (exact) mass is 185 g/mol. The molecular weight excluding hydrogens is 178 g/mol. The molecular formula is C6H7N3O2S. The third kappa shape index (κ3) is 1.28. The van der Waals surface area contributed by atoms with Crippen molar-refractivity contribution >= 4 is 28.9 Å². The van der Waals surface area contributed by atoms with Gasteiger partial charge < -0.3 is 11.5 Å². The van der Waals surface area contributed by atoms with Gasteiger partial charge in [0.25, 0.3) is 5.91 Å². The van der Waals surface area contributed by atoms with Crippen molar-refractivity contribution in [2.75, 3.05) is 5.73 Å². The van der Waals surface area contributed by atoms with E-state index in [2.05, 4.69) is 4.37 Å². The summed E-state index contributed by atoms with van der Waals surface area (Å²) >= 11 is 0.842. The third-order valence-corrected chi connectivity index (χ3v) is 2.16. The predicted octanol–water partition coefficient (Wildman–Crippen LogP) is 0.0268. The number of nitrogens with zero attached hydrogens (tertiary/aromatic N) is 1. The highest BCUT2D eigenvalue weighted by Crippen LogP contribution is 2.20. The molecule has 0 aliphatic carbocycles. The van der Waals surface area contributed by atoms with E-state index in [0.717, 1.165) is 11.5 Å². The normalized spacial score (nSPS) is 9.75. The quantitative estimate of drug-likeness (QED) is 0.635. The highest BCUT2D eigenvalue weighted by Gasteiger charge is 2.17. The Morgan fingerprint density at radius 3 is 2.33 bits per heavy atom. The van der Waals surface area contributed by atoms with E-state index >= 15 is 0 Å². The summed E-state index contributed by atoms with van der Waals surface area (Å²) in [4.78, 5) is 21.6. The van der Waals surface area contributed by atoms with Crippen LogP contribution in [0.5, 0.6) is 0 Å². The number of carbonyl (C=O) groups excluding carboxylic acids is 2. The Labute approximate surface area is 72.5 Å². The molecule has 0 aromatic carbocycles. The SMILES string of the molecule is CC(=O)c1nsc(C(N)=O)c1N. The Morgan fingerprint density at radius 1 is 1.50 bits per heavy atom. The fourth-order valence-corrected chi connectivity index (χ4v) is 1.42. The predicted molar refractivity (Wildman–Crippen MR) is 45.0 cm³/mol. The van der Waals surface area contributed by atoms with E-state index in [9.17, 15) is 9.59 Å². The van der Waals surface area contributed by atoms with Crippen LogP contribution in [-0.2, 0) is 0 Å². The molecule has 1 aromatic rings. The molecule has 0 bridgehead atoms. The van der Waals surface area contributed by atoms with E-state index in [0.29, 0.717) is 0 Å². The summed E-state index contributed by atoms with van der Waals surface area (Å²) in [6, 6.07) is 0. The number of nitrogens with two attached hydrogens (primary N) is 2. The average molecular weight is 185 g/mol. The Kier molecular flexibility index (Phi) is 2.09. The molecule has 1 aromatic heterocycles. The lowest BCUT2D eigenvalue weighted by molar-refractivity contribution is 0.100. The minimum Gasteiger partial charge on any atom is -0.395 e. The molecule has 0 spiro atoms. The fraction of sp³-hybridized carbons (Fsp3) is 0.167. The average Bonchev–Trinajstić information content (AvgIpc) is 2.30. The van der Waals surface area contributed by atoms with Crippen molar-refractivity contribution in [3.05, 3.63) is 10.6 Å². The summed E-state index contributed by atoms with van der Waals surface area (Å²) in [6.07, 6.45) is 0. The zero-order chi connectivity index (χ0) is 9.30. The molecule has 0 atom stereocenters. The number of hydrogen-bond donors (Lipinski definition) is 2. The fourth-order valence-electron chi connectivity index (χ4n) is 0.729. The number of hydrogen-bond acceptors (Lipinski definition) is 5. The Balaban J connectivity index is 3.22. The topological polar surface area (TPSA) is 99.1 Å². The van der Waals surface area contributed by atoms with Crippen LogP contribution in [0.3, 0.4) is 0 Å². The van der Waals surface area contributed by atoms with Gasteiger partial charge in [0.05, 0.1) is 5.69 Å². The summed E-state index contributed by atoms with van der Waals surface area (Å²) in [5, 5.41) is 0. The van der Waals surface area contributed by atoms with Gasteiger partial charge in [0.1, 0.15) is 10.6 Å². The van der Waals surface area contributed by atoms with Crippen LogP contribution in [-0.4, -0.2) is 16.1 Å². The first kappa shape index (κ1) is 8.66. The number of primary amides is 1. The molecule has 1 heterocycles. The van der Waals surface area contributed by atoms with Gasteiger partial charge in [-0.25, -0.2) is 0 Å². The van der Waals surface area contributed by atoms with Gasteiger partial charge in [-0.15, -0.1) is 0 Å². The second-order valence-corrected chi connectivity index (χ2v) is 2.97. The van der Waals surface area contributed by atoms with Crippen LogP contribution in [0.15, 0.2) is 0 Å². The Morgan fingerprint density at radius 2 is 2.08 bits per heavy atom. The molecule has 4 N–H and O–H groups in total. The molecule has 5 nitrogen and oxygen atoms in total. The van der Waals surface area contributed by atoms with Crippen molar-refractivity contribution < 1.29 is 9.59 Å². The lowest BCUT2D eigenvalue weighted by atomic mass is 10.2. The number of amides is 1. The highest BCUT2D eigenvalue weighted by molar-refractivity contribution is 7.09. The van der Waals surface area contributed by atoms with Crippen LogP contribution in [0, 0.1) is 0 Å². The molecule has 0 saturated heterocycles. The largest absolute Gasteiger partial charge is 0.395 e. The second kappa shape index (κ2) is 2.90. The summed E-state index contributed by atoms with van der Waals surface area (Å²) in [7, 11) is 0. The lowest BCUT2D eigenvalue weighted by Crippen LogP contribution is -2.11. The van der Waals surface area contributed by atoms with Gasteiger partial charge in [0, 0.05) is 6.92 Å². The summed E-state index contributed by atoms with van der Waals surface area (Å²) in [5.74, 6) is -0.922. The number of nitrogen functional groups attached to an aromatic ring is 1. The molecule has 0 fully saturated rings. The molecule has 0 aliphatic rings. The first-order valence-electron chi connectivity index (χ1n) is 3.10. The van der Waals surface area contributed by atoms with Gasteiger partial charge in [-0.3, -0.25) is 9.59 Å². The number of carbonyl (C=O) groups is 2. The maximum Gasteiger partial charge on any atom is 0.262 e. The Bertz CT molecular complexity index is 313. The van der Waals surface area contributed by atoms with Crippen LogP contribution < -0.4 is 11.5 Å². The van der Waals surface area contributed by atoms with Crippen LogP contribution in [0.4, 0.5) is 5.69 Å². The van der Waals surface area contributed by atoms with Gasteiger partial charge in [-0.05, 0) is 11.5 Å². The van der Waals surface area contributed by atoms with Crippen LogP contribution in [0.25, 0.3) is 0 Å². The van der Waals surface area contributed by atoms with Crippen LogP contribution in [0.1, 0.15) is 27.1 Å². The molecule has 1 amide bonds. The molecule has 12 heavy (non-hydrogen) atoms. The number of ketones is 1. The number of aromatic nitrogens is 1. The molecule has 0 radical (unpaired) electrons. The van der Waals surface area contributed by atoms with Crippen molar-refractivity contribution in [3.63, 3.8) is 0 Å². The van der Waals surface area contributed by atoms with Crippen molar-refractivity contribution in [2.24, 2.45) is 5.73 Å². The van der Waals surface area contributed by atoms with Crippen molar-refractivity contribution in [1.82, 2.24) is 4.37 Å². The molecule has 6 heteroatoms. The number of Topliss-reactive ketones (excluding diaryl/α,β-unsaturated/α-hetero) is 1. The summed E-state index contributed by atoms with van der Waals surface area (Å²) in [6.45, 7) is 1.33. The second-order valence-electron chi connectivity index (χ2n) is 2.19. The van der Waals surface area contributed by atoms with E-state index in [1.807, 2.05) is 0 Å². The van der Waals surface area contributed by atoms with Gasteiger partial charge in [-0.2, -0.15) is 4.37 Å². The van der Waals surface area contributed by atoms with Crippen molar-refractivity contribution in [1.29, 1.82) is 0 Å². The summed E-state index contributed by atoms with van der Waals surface area (Å²) in [5.41, 5.74) is 10.6. The molecule has 0 saturated carbocycles. The van der Waals surface area contributed by atoms with E-state index < -0.39 is 5.91 Å². The number of anilines is 1. The zero-order valence-electron chi connectivity index (χ0n) is 6.33. The van der Waals surface area contributed by atoms with Crippen molar-refractivity contribution in [3.8, 4) is 0 Å². The first-order chi connectivity index (χ1) is 5.54. The maximum absolute atomic E-state index is 10.8. The maximum atomic E-state index is 10.8. The minimum absolute atomic E-state index is 0.0833. The van der Waals surface area contributed by atoms with Crippen LogP contribution >= 0.6 is 11.5 Å². The van der Waals surface area contributed by atoms with E-state index in [1.54, 1.807) is 0 Å². The molecule has 64 valence electrons.